The van der Waals surface area contributed by atoms with Gasteiger partial charge in [-0.25, -0.2) is 4.98 Å². The molecule has 34 heavy (non-hydrogen) atoms. The lowest BCUT2D eigenvalue weighted by molar-refractivity contribution is -0.122. The fourth-order valence-corrected chi connectivity index (χ4v) is 3.65. The molecule has 1 atom stereocenters. The number of pyridine rings is 1. The van der Waals surface area contributed by atoms with Crippen molar-refractivity contribution in [1.29, 1.82) is 5.26 Å². The van der Waals surface area contributed by atoms with E-state index in [4.69, 9.17) is 19.5 Å². The van der Waals surface area contributed by atoms with E-state index in [1.807, 2.05) is 0 Å². The number of ether oxygens (including phenoxy) is 3. The van der Waals surface area contributed by atoms with Gasteiger partial charge in [0.15, 0.2) is 11.5 Å². The number of amides is 2. The molecule has 9 heteroatoms. The number of nitrogens with one attached hydrogen (secondary N) is 1. The topological polar surface area (TPSA) is 114 Å². The first kappa shape index (κ1) is 22.6. The average Bonchev–Trinajstić information content (AvgIpc) is 3.26. The first-order valence-corrected chi connectivity index (χ1v) is 10.5. The monoisotopic (exact) mass is 458 g/mol. The molecule has 1 unspecified atom stereocenters. The van der Waals surface area contributed by atoms with Crippen LogP contribution in [0, 0.1) is 17.2 Å². The molecule has 0 radical (unpaired) electrons. The SMILES string of the molecule is COc1ccc(N2CC(C(=O)Nc3ccc(Oc4ccccc4C#N)nc3)CC2=O)cc1OC. The van der Waals surface area contributed by atoms with Crippen molar-refractivity contribution in [3.05, 3.63) is 66.4 Å². The van der Waals surface area contributed by atoms with Gasteiger partial charge in [-0.1, -0.05) is 12.1 Å². The molecule has 0 aliphatic carbocycles. The summed E-state index contributed by atoms with van der Waals surface area (Å²) in [5.41, 5.74) is 1.51. The first-order valence-electron chi connectivity index (χ1n) is 10.5. The molecule has 3 aromatic rings. The van der Waals surface area contributed by atoms with E-state index in [0.717, 1.165) is 0 Å². The molecular formula is C25H22N4O5. The van der Waals surface area contributed by atoms with Crippen LogP contribution in [0.3, 0.4) is 0 Å². The third-order valence-corrected chi connectivity index (χ3v) is 5.40. The van der Waals surface area contributed by atoms with Crippen LogP contribution in [0.2, 0.25) is 0 Å². The largest absolute Gasteiger partial charge is 0.493 e. The van der Waals surface area contributed by atoms with Crippen molar-refractivity contribution in [2.24, 2.45) is 5.92 Å². The maximum atomic E-state index is 12.8. The van der Waals surface area contributed by atoms with Gasteiger partial charge in [0, 0.05) is 30.8 Å². The van der Waals surface area contributed by atoms with Gasteiger partial charge in [0.05, 0.1) is 37.6 Å². The Bertz CT molecular complexity index is 1250. The summed E-state index contributed by atoms with van der Waals surface area (Å²) in [4.78, 5) is 31.1. The number of carbonyl (C=O) groups is 2. The van der Waals surface area contributed by atoms with Crippen molar-refractivity contribution in [2.45, 2.75) is 6.42 Å². The van der Waals surface area contributed by atoms with Crippen LogP contribution in [0.15, 0.2) is 60.8 Å². The van der Waals surface area contributed by atoms with Crippen LogP contribution in [0.1, 0.15) is 12.0 Å². The number of methoxy groups -OCH3 is 2. The van der Waals surface area contributed by atoms with E-state index in [-0.39, 0.29) is 30.7 Å². The van der Waals surface area contributed by atoms with Crippen LogP contribution in [-0.4, -0.2) is 37.6 Å². The third kappa shape index (κ3) is 4.76. The molecule has 1 aliphatic heterocycles. The molecular weight excluding hydrogens is 436 g/mol. The number of aromatic nitrogens is 1. The summed E-state index contributed by atoms with van der Waals surface area (Å²) in [6.45, 7) is 0.250. The Morgan fingerprint density at radius 2 is 1.88 bits per heavy atom. The highest BCUT2D eigenvalue weighted by Gasteiger charge is 2.35. The lowest BCUT2D eigenvalue weighted by atomic mass is 10.1. The van der Waals surface area contributed by atoms with Crippen LogP contribution >= 0.6 is 0 Å². The molecule has 4 rings (SSSR count). The summed E-state index contributed by atoms with van der Waals surface area (Å²) in [6.07, 6.45) is 1.56. The molecule has 9 nitrogen and oxygen atoms in total. The van der Waals surface area contributed by atoms with Crippen LogP contribution in [0.5, 0.6) is 23.1 Å². The van der Waals surface area contributed by atoms with Gasteiger partial charge in [0.25, 0.3) is 0 Å². The van der Waals surface area contributed by atoms with Gasteiger partial charge in [-0.05, 0) is 30.3 Å². The van der Waals surface area contributed by atoms with Crippen LogP contribution in [0.25, 0.3) is 0 Å². The van der Waals surface area contributed by atoms with E-state index >= 15 is 0 Å². The van der Waals surface area contributed by atoms with E-state index in [1.54, 1.807) is 59.5 Å². The Hall–Kier alpha value is -4.58. The minimum Gasteiger partial charge on any atom is -0.493 e. The maximum absolute atomic E-state index is 12.8. The quantitative estimate of drug-likeness (QED) is 0.573. The second-order valence-corrected chi connectivity index (χ2v) is 7.53. The molecule has 1 aromatic heterocycles. The van der Waals surface area contributed by atoms with E-state index in [9.17, 15) is 9.59 Å². The highest BCUT2D eigenvalue weighted by molar-refractivity contribution is 6.03. The van der Waals surface area contributed by atoms with Crippen molar-refractivity contribution in [3.8, 4) is 29.2 Å². The Labute approximate surface area is 196 Å². The Morgan fingerprint density at radius 3 is 2.59 bits per heavy atom. The summed E-state index contributed by atoms with van der Waals surface area (Å²) < 4.78 is 16.2. The zero-order valence-corrected chi connectivity index (χ0v) is 18.6. The van der Waals surface area contributed by atoms with Crippen LogP contribution in [-0.2, 0) is 9.59 Å². The summed E-state index contributed by atoms with van der Waals surface area (Å²) in [6, 6.07) is 17.3. The van der Waals surface area contributed by atoms with Gasteiger partial charge >= 0.3 is 0 Å². The first-order chi connectivity index (χ1) is 16.5. The molecule has 1 N–H and O–H groups in total. The van der Waals surface area contributed by atoms with Gasteiger partial charge in [-0.2, -0.15) is 5.26 Å². The number of para-hydroxylation sites is 1. The van der Waals surface area contributed by atoms with E-state index < -0.39 is 5.92 Å². The molecule has 0 saturated carbocycles. The Kier molecular flexibility index (Phi) is 6.59. The number of benzene rings is 2. The van der Waals surface area contributed by atoms with Crippen molar-refractivity contribution in [1.82, 2.24) is 4.98 Å². The number of anilines is 2. The zero-order valence-electron chi connectivity index (χ0n) is 18.6. The van der Waals surface area contributed by atoms with E-state index in [1.165, 1.54) is 20.4 Å². The number of hydrogen-bond donors (Lipinski definition) is 1. The molecule has 172 valence electrons. The van der Waals surface area contributed by atoms with Crippen molar-refractivity contribution in [3.63, 3.8) is 0 Å². The lowest BCUT2D eigenvalue weighted by Gasteiger charge is -2.18. The average molecular weight is 458 g/mol. The molecule has 2 amide bonds. The van der Waals surface area contributed by atoms with Gasteiger partial charge in [0.1, 0.15) is 11.8 Å². The summed E-state index contributed by atoms with van der Waals surface area (Å²) in [5, 5.41) is 12.0. The van der Waals surface area contributed by atoms with Gasteiger partial charge in [-0.15, -0.1) is 0 Å². The highest BCUT2D eigenvalue weighted by atomic mass is 16.5. The Morgan fingerprint density at radius 1 is 1.09 bits per heavy atom. The van der Waals surface area contributed by atoms with Crippen molar-refractivity contribution >= 4 is 23.2 Å². The summed E-state index contributed by atoms with van der Waals surface area (Å²) in [7, 11) is 3.06. The van der Waals surface area contributed by atoms with E-state index in [0.29, 0.717) is 34.2 Å². The number of rotatable bonds is 7. The van der Waals surface area contributed by atoms with Crippen LogP contribution < -0.4 is 24.4 Å². The number of carbonyl (C=O) groups excluding carboxylic acids is 2. The fourth-order valence-electron chi connectivity index (χ4n) is 3.65. The molecule has 1 fully saturated rings. The van der Waals surface area contributed by atoms with Crippen LogP contribution in [0.4, 0.5) is 11.4 Å². The fraction of sp³-hybridized carbons (Fsp3) is 0.200. The highest BCUT2D eigenvalue weighted by Crippen LogP contribution is 2.34. The van der Waals surface area contributed by atoms with E-state index in [2.05, 4.69) is 16.4 Å². The third-order valence-electron chi connectivity index (χ3n) is 5.40. The minimum atomic E-state index is -0.515. The number of nitrogens with zero attached hydrogens (tertiary/aromatic N) is 3. The molecule has 1 aliphatic rings. The summed E-state index contributed by atoms with van der Waals surface area (Å²) in [5.74, 6) is 0.811. The predicted octanol–water partition coefficient (Wildman–Crippen LogP) is 3.75. The lowest BCUT2D eigenvalue weighted by Crippen LogP contribution is -2.28. The maximum Gasteiger partial charge on any atom is 0.229 e. The standard InChI is InChI=1S/C25H22N4O5/c1-32-21-9-8-19(12-22(21)33-2)29-15-17(11-24(29)30)25(31)28-18-7-10-23(27-14-18)34-20-6-4-3-5-16(20)13-26/h3-10,12,14,17H,11,15H2,1-2H3,(H,28,31). The van der Waals surface area contributed by atoms with Gasteiger partial charge in [0.2, 0.25) is 17.7 Å². The normalized spacial score (nSPS) is 14.9. The second kappa shape index (κ2) is 9.92. The zero-order chi connectivity index (χ0) is 24.1. The smallest absolute Gasteiger partial charge is 0.229 e. The second-order valence-electron chi connectivity index (χ2n) is 7.53. The molecule has 0 bridgehead atoms. The molecule has 2 heterocycles. The van der Waals surface area contributed by atoms with Gasteiger partial charge < -0.3 is 24.4 Å². The summed E-state index contributed by atoms with van der Waals surface area (Å²) >= 11 is 0. The number of nitriles is 1. The Balaban J connectivity index is 1.39. The van der Waals surface area contributed by atoms with Crippen molar-refractivity contribution < 1.29 is 23.8 Å². The van der Waals surface area contributed by atoms with Crippen molar-refractivity contribution in [2.75, 3.05) is 31.0 Å². The molecule has 1 saturated heterocycles. The number of hydrogen-bond acceptors (Lipinski definition) is 7. The molecule has 0 spiro atoms. The van der Waals surface area contributed by atoms with Gasteiger partial charge in [-0.3, -0.25) is 9.59 Å². The molecule has 2 aromatic carbocycles. The minimum absolute atomic E-state index is 0.0970. The predicted molar refractivity (Wildman–Crippen MR) is 124 cm³/mol.